The lowest BCUT2D eigenvalue weighted by Crippen LogP contribution is -2.57. The highest BCUT2D eigenvalue weighted by Crippen LogP contribution is 2.21. The Labute approximate surface area is 158 Å². The van der Waals surface area contributed by atoms with Crippen molar-refractivity contribution in [1.29, 1.82) is 0 Å². The summed E-state index contributed by atoms with van der Waals surface area (Å²) in [5.41, 5.74) is 6.17. The number of nitrogens with two attached hydrogens (primary N) is 1. The number of benzene rings is 1. The maximum absolute atomic E-state index is 12.6. The number of carbonyl (C=O) groups excluding carboxylic acids is 3. The second kappa shape index (κ2) is 8.75. The molecule has 4 amide bonds. The van der Waals surface area contributed by atoms with E-state index in [1.807, 2.05) is 35.2 Å². The first-order valence-electron chi connectivity index (χ1n) is 9.34. The van der Waals surface area contributed by atoms with Crippen molar-refractivity contribution in [2.24, 2.45) is 5.73 Å². The molecule has 0 aliphatic carbocycles. The molecule has 8 nitrogen and oxygen atoms in total. The Morgan fingerprint density at radius 2 is 1.78 bits per heavy atom. The Morgan fingerprint density at radius 3 is 2.44 bits per heavy atom. The molecule has 0 unspecified atom stereocenters. The van der Waals surface area contributed by atoms with Crippen LogP contribution < -0.4 is 5.73 Å². The fraction of sp³-hybridized carbons (Fsp3) is 0.526. The van der Waals surface area contributed by atoms with E-state index in [-0.39, 0.29) is 31.3 Å². The van der Waals surface area contributed by atoms with Gasteiger partial charge in [0.05, 0.1) is 0 Å². The minimum atomic E-state index is -0.499. The van der Waals surface area contributed by atoms with Gasteiger partial charge >= 0.3 is 12.1 Å². The number of ether oxygens (including phenoxy) is 1. The number of likely N-dealkylation sites (tertiary alicyclic amines) is 1. The monoisotopic (exact) mass is 374 g/mol. The fourth-order valence-corrected chi connectivity index (χ4v) is 3.65. The van der Waals surface area contributed by atoms with Crippen LogP contribution in [-0.4, -0.2) is 71.5 Å². The average Bonchev–Trinajstić information content (AvgIpc) is 2.68. The van der Waals surface area contributed by atoms with Crippen LogP contribution in [0.5, 0.6) is 0 Å². The molecule has 2 heterocycles. The number of hydrogen-bond acceptors (Lipinski definition) is 4. The number of piperidine rings is 1. The Balaban J connectivity index is 1.47. The number of primary amides is 1. The molecule has 2 aliphatic rings. The highest BCUT2D eigenvalue weighted by atomic mass is 16.6. The summed E-state index contributed by atoms with van der Waals surface area (Å²) < 4.78 is 5.38. The molecule has 0 atom stereocenters. The van der Waals surface area contributed by atoms with Gasteiger partial charge in [-0.2, -0.15) is 0 Å². The summed E-state index contributed by atoms with van der Waals surface area (Å²) in [6.45, 7) is 2.56. The summed E-state index contributed by atoms with van der Waals surface area (Å²) in [4.78, 5) is 41.0. The topological polar surface area (TPSA) is 96.2 Å². The number of rotatable bonds is 5. The molecule has 8 heteroatoms. The molecule has 27 heavy (non-hydrogen) atoms. The Morgan fingerprint density at radius 1 is 1.07 bits per heavy atom. The van der Waals surface area contributed by atoms with Crippen molar-refractivity contribution in [3.05, 3.63) is 35.9 Å². The number of urea groups is 1. The van der Waals surface area contributed by atoms with Crippen LogP contribution in [0, 0.1) is 0 Å². The molecule has 1 aromatic rings. The third-order valence-corrected chi connectivity index (χ3v) is 5.06. The number of amides is 4. The van der Waals surface area contributed by atoms with Crippen molar-refractivity contribution in [3.63, 3.8) is 0 Å². The quantitative estimate of drug-likeness (QED) is 0.843. The van der Waals surface area contributed by atoms with Gasteiger partial charge in [-0.15, -0.1) is 0 Å². The summed E-state index contributed by atoms with van der Waals surface area (Å²) in [5, 5.41) is 0. The highest BCUT2D eigenvalue weighted by Gasteiger charge is 2.34. The van der Waals surface area contributed by atoms with Crippen molar-refractivity contribution in [2.45, 2.75) is 31.9 Å². The van der Waals surface area contributed by atoms with Crippen LogP contribution in [0.25, 0.3) is 0 Å². The largest absolute Gasteiger partial charge is 0.445 e. The first-order chi connectivity index (χ1) is 13.0. The number of carbonyl (C=O) groups is 3. The van der Waals surface area contributed by atoms with E-state index in [4.69, 9.17) is 10.5 Å². The molecule has 2 N–H and O–H groups in total. The van der Waals surface area contributed by atoms with Gasteiger partial charge in [0.25, 0.3) is 0 Å². The Kier molecular flexibility index (Phi) is 6.16. The molecule has 2 saturated heterocycles. The summed E-state index contributed by atoms with van der Waals surface area (Å²) in [6, 6.07) is 9.51. The lowest BCUT2D eigenvalue weighted by Gasteiger charge is -2.42. The first-order valence-corrected chi connectivity index (χ1v) is 9.34. The van der Waals surface area contributed by atoms with Crippen molar-refractivity contribution in [3.8, 4) is 0 Å². The minimum absolute atomic E-state index is 0.0417. The zero-order valence-electron chi connectivity index (χ0n) is 15.4. The summed E-state index contributed by atoms with van der Waals surface area (Å²) in [6.07, 6.45) is 1.91. The van der Waals surface area contributed by atoms with E-state index in [0.717, 1.165) is 12.0 Å². The van der Waals surface area contributed by atoms with Crippen LogP contribution in [0.15, 0.2) is 30.3 Å². The molecule has 2 aliphatic heterocycles. The van der Waals surface area contributed by atoms with Crippen molar-refractivity contribution >= 4 is 18.0 Å². The predicted octanol–water partition coefficient (Wildman–Crippen LogP) is 1.40. The number of nitrogens with zero attached hydrogens (tertiary/aromatic N) is 3. The maximum Gasteiger partial charge on any atom is 0.410 e. The van der Waals surface area contributed by atoms with E-state index in [0.29, 0.717) is 39.0 Å². The van der Waals surface area contributed by atoms with Crippen molar-refractivity contribution in [2.75, 3.05) is 32.7 Å². The molecule has 0 saturated carbocycles. The van der Waals surface area contributed by atoms with Gasteiger partial charge in [0.15, 0.2) is 0 Å². The lowest BCUT2D eigenvalue weighted by molar-refractivity contribution is -0.119. The Hall–Kier alpha value is -2.77. The van der Waals surface area contributed by atoms with E-state index in [2.05, 4.69) is 0 Å². The van der Waals surface area contributed by atoms with Crippen LogP contribution in [0.3, 0.4) is 0 Å². The van der Waals surface area contributed by atoms with Crippen LogP contribution >= 0.6 is 0 Å². The molecule has 1 aromatic carbocycles. The normalized spacial score (nSPS) is 18.5. The standard InChI is InChI=1S/C19H26N4O4/c20-17(24)13-22-9-4-10-23(18(22)25)16-7-11-21(12-8-16)19(26)27-14-15-5-2-1-3-6-15/h1-3,5-6,16H,4,7-14H2,(H2,20,24). The molecule has 3 rings (SSSR count). The fourth-order valence-electron chi connectivity index (χ4n) is 3.65. The van der Waals surface area contributed by atoms with Crippen LogP contribution in [0.4, 0.5) is 9.59 Å². The third kappa shape index (κ3) is 4.90. The van der Waals surface area contributed by atoms with E-state index in [1.165, 1.54) is 4.90 Å². The SMILES string of the molecule is NC(=O)CN1CCCN(C2CCN(C(=O)OCc3ccccc3)CC2)C1=O. The van der Waals surface area contributed by atoms with Gasteiger partial charge < -0.3 is 25.2 Å². The van der Waals surface area contributed by atoms with Gasteiger partial charge in [0.1, 0.15) is 13.2 Å². The average molecular weight is 374 g/mol. The molecule has 146 valence electrons. The number of hydrogen-bond donors (Lipinski definition) is 1. The minimum Gasteiger partial charge on any atom is -0.445 e. The van der Waals surface area contributed by atoms with Crippen molar-refractivity contribution < 1.29 is 19.1 Å². The molecular formula is C19H26N4O4. The van der Waals surface area contributed by atoms with Gasteiger partial charge in [-0.25, -0.2) is 9.59 Å². The molecule has 0 aromatic heterocycles. The van der Waals surface area contributed by atoms with E-state index >= 15 is 0 Å². The molecule has 2 fully saturated rings. The third-order valence-electron chi connectivity index (χ3n) is 5.06. The van der Waals surface area contributed by atoms with E-state index in [9.17, 15) is 14.4 Å². The summed E-state index contributed by atoms with van der Waals surface area (Å²) >= 11 is 0. The Bertz CT molecular complexity index is 674. The van der Waals surface area contributed by atoms with Gasteiger partial charge in [-0.1, -0.05) is 30.3 Å². The predicted molar refractivity (Wildman–Crippen MR) is 98.7 cm³/mol. The molecule has 0 radical (unpaired) electrons. The summed E-state index contributed by atoms with van der Waals surface area (Å²) in [5.74, 6) is -0.499. The highest BCUT2D eigenvalue weighted by molar-refractivity contribution is 5.83. The smallest absolute Gasteiger partial charge is 0.410 e. The second-order valence-corrected chi connectivity index (χ2v) is 6.98. The van der Waals surface area contributed by atoms with Crippen LogP contribution in [0.1, 0.15) is 24.8 Å². The van der Waals surface area contributed by atoms with Crippen LogP contribution in [0.2, 0.25) is 0 Å². The zero-order chi connectivity index (χ0) is 19.2. The second-order valence-electron chi connectivity index (χ2n) is 6.98. The van der Waals surface area contributed by atoms with E-state index < -0.39 is 5.91 Å². The van der Waals surface area contributed by atoms with Gasteiger partial charge in [0.2, 0.25) is 5.91 Å². The molecule has 0 bridgehead atoms. The van der Waals surface area contributed by atoms with E-state index in [1.54, 1.807) is 4.90 Å². The molecule has 0 spiro atoms. The van der Waals surface area contributed by atoms with Crippen LogP contribution in [-0.2, 0) is 16.1 Å². The molecular weight excluding hydrogens is 348 g/mol. The van der Waals surface area contributed by atoms with Crippen molar-refractivity contribution in [1.82, 2.24) is 14.7 Å². The summed E-state index contributed by atoms with van der Waals surface area (Å²) in [7, 11) is 0. The zero-order valence-corrected chi connectivity index (χ0v) is 15.4. The van der Waals surface area contributed by atoms with Gasteiger partial charge in [-0.3, -0.25) is 4.79 Å². The first kappa shape index (κ1) is 19.0. The van der Waals surface area contributed by atoms with Gasteiger partial charge in [0, 0.05) is 32.2 Å². The lowest BCUT2D eigenvalue weighted by atomic mass is 10.0. The maximum atomic E-state index is 12.6. The van der Waals surface area contributed by atoms with Gasteiger partial charge in [-0.05, 0) is 24.8 Å².